The third kappa shape index (κ3) is 3.20. The van der Waals surface area contributed by atoms with Crippen LogP contribution in [0.1, 0.15) is 24.9 Å². The van der Waals surface area contributed by atoms with E-state index in [1.165, 1.54) is 17.8 Å². The van der Waals surface area contributed by atoms with Gasteiger partial charge < -0.3 is 9.64 Å². The number of nitrogens with zero attached hydrogens (tertiary/aromatic N) is 2. The molecule has 124 valence electrons. The minimum atomic E-state index is -0.657. The number of halogens is 2. The fourth-order valence-electron chi connectivity index (χ4n) is 3.26. The molecular weight excluding hydrogens is 322 g/mol. The topological polar surface area (TPSA) is 41.9 Å². The maximum Gasteiger partial charge on any atom is 0.436 e. The Morgan fingerprint density at radius 2 is 2.26 bits per heavy atom. The number of thioether (sulfide) groups is 1. The smallest absolute Gasteiger partial charge is 0.436 e. The first kappa shape index (κ1) is 16.2. The minimum Gasteiger partial charge on any atom is -0.448 e. The van der Waals surface area contributed by atoms with E-state index < -0.39 is 17.7 Å². The molecule has 1 aromatic carbocycles. The molecule has 0 bridgehead atoms. The summed E-state index contributed by atoms with van der Waals surface area (Å²) < 4.78 is 32.6. The van der Waals surface area contributed by atoms with Gasteiger partial charge in [0.2, 0.25) is 0 Å². The van der Waals surface area contributed by atoms with Crippen molar-refractivity contribution >= 4 is 23.0 Å². The molecule has 0 N–H and O–H groups in total. The third-order valence-corrected chi connectivity index (χ3v) is 5.00. The van der Waals surface area contributed by atoms with Crippen molar-refractivity contribution in [3.05, 3.63) is 35.4 Å². The van der Waals surface area contributed by atoms with Crippen LogP contribution in [0.4, 0.5) is 13.6 Å². The zero-order valence-electron chi connectivity index (χ0n) is 13.0. The molecule has 1 aromatic rings. The molecule has 1 saturated heterocycles. The van der Waals surface area contributed by atoms with Crippen molar-refractivity contribution in [1.29, 1.82) is 0 Å². The van der Waals surface area contributed by atoms with Crippen LogP contribution in [0.25, 0.3) is 0 Å². The zero-order valence-corrected chi connectivity index (χ0v) is 13.8. The van der Waals surface area contributed by atoms with E-state index in [-0.39, 0.29) is 18.6 Å². The third-order valence-electron chi connectivity index (χ3n) is 4.31. The first-order chi connectivity index (χ1) is 11.0. The summed E-state index contributed by atoms with van der Waals surface area (Å²) in [5, 5.41) is 0.490. The second kappa shape index (κ2) is 6.47. The van der Waals surface area contributed by atoms with E-state index >= 15 is 0 Å². The van der Waals surface area contributed by atoms with Crippen LogP contribution in [-0.2, 0) is 4.74 Å². The van der Waals surface area contributed by atoms with Gasteiger partial charge in [-0.3, -0.25) is 0 Å². The first-order valence-electron chi connectivity index (χ1n) is 7.56. The molecule has 7 heteroatoms. The highest BCUT2D eigenvalue weighted by atomic mass is 32.2. The Kier molecular flexibility index (Phi) is 4.57. The Labute approximate surface area is 137 Å². The molecule has 1 saturated carbocycles. The van der Waals surface area contributed by atoms with Gasteiger partial charge in [-0.2, -0.15) is 4.99 Å². The number of ether oxygens (including phenoxy) is 1. The van der Waals surface area contributed by atoms with Crippen molar-refractivity contribution in [2.24, 2.45) is 16.8 Å². The van der Waals surface area contributed by atoms with E-state index in [1.54, 1.807) is 13.2 Å². The van der Waals surface area contributed by atoms with Crippen LogP contribution in [0.3, 0.4) is 0 Å². The number of piperidine rings is 1. The maximum absolute atomic E-state index is 14.2. The summed E-state index contributed by atoms with van der Waals surface area (Å²) >= 11 is 1.31. The molecule has 2 fully saturated rings. The van der Waals surface area contributed by atoms with Crippen LogP contribution in [0.2, 0.25) is 0 Å². The van der Waals surface area contributed by atoms with Gasteiger partial charge in [-0.05, 0) is 49.6 Å². The Bertz CT molecular complexity index is 653. The molecular formula is C16H18F2N2O2S. The van der Waals surface area contributed by atoms with Crippen molar-refractivity contribution in [1.82, 2.24) is 4.90 Å². The van der Waals surface area contributed by atoms with Crippen molar-refractivity contribution in [3.8, 4) is 0 Å². The Hall–Kier alpha value is -1.63. The van der Waals surface area contributed by atoms with Crippen LogP contribution >= 0.6 is 11.8 Å². The number of amidine groups is 1. The number of rotatable bonds is 2. The van der Waals surface area contributed by atoms with Crippen LogP contribution in [0, 0.1) is 23.5 Å². The molecule has 1 aliphatic carbocycles. The van der Waals surface area contributed by atoms with Gasteiger partial charge in [0.25, 0.3) is 0 Å². The van der Waals surface area contributed by atoms with E-state index in [4.69, 9.17) is 4.74 Å². The number of carbonyl (C=O) groups excluding carboxylic acids is 1. The highest BCUT2D eigenvalue weighted by Crippen LogP contribution is 2.57. The Morgan fingerprint density at radius 3 is 2.96 bits per heavy atom. The van der Waals surface area contributed by atoms with Gasteiger partial charge >= 0.3 is 6.09 Å². The molecule has 2 aliphatic rings. The molecule has 3 rings (SSSR count). The van der Waals surface area contributed by atoms with Gasteiger partial charge in [-0.1, -0.05) is 11.8 Å². The molecule has 3 atom stereocenters. The van der Waals surface area contributed by atoms with E-state index in [2.05, 4.69) is 4.99 Å². The lowest BCUT2D eigenvalue weighted by atomic mass is 10.0. The molecule has 4 nitrogen and oxygen atoms in total. The molecule has 23 heavy (non-hydrogen) atoms. The first-order valence-corrected chi connectivity index (χ1v) is 8.78. The molecule has 0 radical (unpaired) electrons. The summed E-state index contributed by atoms with van der Waals surface area (Å²) in [6.45, 7) is 2.66. The molecule has 1 heterocycles. The molecule has 1 aliphatic heterocycles. The highest BCUT2D eigenvalue weighted by Gasteiger charge is 2.54. The lowest BCUT2D eigenvalue weighted by Crippen LogP contribution is -2.32. The van der Waals surface area contributed by atoms with Crippen molar-refractivity contribution in [2.75, 3.05) is 19.4 Å². The van der Waals surface area contributed by atoms with Crippen molar-refractivity contribution < 1.29 is 18.3 Å². The van der Waals surface area contributed by atoms with Gasteiger partial charge in [0, 0.05) is 12.1 Å². The fourth-order valence-corrected chi connectivity index (χ4v) is 3.85. The van der Waals surface area contributed by atoms with E-state index in [9.17, 15) is 13.6 Å². The lowest BCUT2D eigenvalue weighted by molar-refractivity contribution is 0.163. The number of aliphatic imine (C=N–C) groups is 1. The normalized spacial score (nSPS) is 26.2. The number of fused-ring (bicyclic) bond motifs is 1. The summed E-state index contributed by atoms with van der Waals surface area (Å²) in [6.07, 6.45) is 2.15. The van der Waals surface area contributed by atoms with E-state index in [0.29, 0.717) is 23.2 Å². The van der Waals surface area contributed by atoms with Crippen LogP contribution in [0.5, 0.6) is 0 Å². The van der Waals surface area contributed by atoms with E-state index in [0.717, 1.165) is 18.6 Å². The van der Waals surface area contributed by atoms with Gasteiger partial charge in [-0.25, -0.2) is 13.6 Å². The fraction of sp³-hybridized carbons (Fsp3) is 0.500. The summed E-state index contributed by atoms with van der Waals surface area (Å²) in [5.74, 6) is -0.155. The molecule has 3 unspecified atom stereocenters. The van der Waals surface area contributed by atoms with Gasteiger partial charge in [0.15, 0.2) is 5.17 Å². The average molecular weight is 340 g/mol. The monoisotopic (exact) mass is 340 g/mol. The highest BCUT2D eigenvalue weighted by molar-refractivity contribution is 8.13. The van der Waals surface area contributed by atoms with Crippen molar-refractivity contribution in [2.45, 2.75) is 19.4 Å². The van der Waals surface area contributed by atoms with Gasteiger partial charge in [0.1, 0.15) is 11.6 Å². The number of amides is 1. The number of benzene rings is 1. The summed E-state index contributed by atoms with van der Waals surface area (Å²) in [7, 11) is 0. The second-order valence-electron chi connectivity index (χ2n) is 5.72. The average Bonchev–Trinajstić information content (AvgIpc) is 3.19. The van der Waals surface area contributed by atoms with Crippen LogP contribution in [-0.4, -0.2) is 35.6 Å². The molecule has 0 aromatic heterocycles. The Balaban J connectivity index is 1.92. The minimum absolute atomic E-state index is 0.247. The summed E-state index contributed by atoms with van der Waals surface area (Å²) in [5.41, 5.74) is 0.334. The standard InChI is InChI=1S/C16H18F2N2O2S/c1-3-22-16(21)19-15(23-2)20-8-9-6-11(9)14(20)12-7-10(17)4-5-13(12)18/h4-5,7,9,11,14H,3,6,8H2,1-2H3/b19-15-. The quantitative estimate of drug-likeness (QED) is 0.606. The van der Waals surface area contributed by atoms with Crippen molar-refractivity contribution in [3.63, 3.8) is 0 Å². The zero-order chi connectivity index (χ0) is 16.6. The predicted octanol–water partition coefficient (Wildman–Crippen LogP) is 3.83. The number of carbonyl (C=O) groups is 1. The number of hydrogen-bond donors (Lipinski definition) is 0. The number of hydrogen-bond acceptors (Lipinski definition) is 3. The Morgan fingerprint density at radius 1 is 1.48 bits per heavy atom. The maximum atomic E-state index is 14.2. The summed E-state index contributed by atoms with van der Waals surface area (Å²) in [4.78, 5) is 17.5. The van der Waals surface area contributed by atoms with Gasteiger partial charge in [-0.15, -0.1) is 0 Å². The molecule has 1 amide bonds. The number of likely N-dealkylation sites (tertiary alicyclic amines) is 1. The SMILES string of the molecule is CCOC(=O)/N=C(\SC)N1CC2CC2C1c1cc(F)ccc1F. The van der Waals surface area contributed by atoms with E-state index in [1.807, 2.05) is 4.90 Å². The van der Waals surface area contributed by atoms with Crippen LogP contribution < -0.4 is 0 Å². The lowest BCUT2D eigenvalue weighted by Gasteiger charge is -2.30. The molecule has 0 spiro atoms. The predicted molar refractivity (Wildman–Crippen MR) is 85.4 cm³/mol. The van der Waals surface area contributed by atoms with Gasteiger partial charge in [0.05, 0.1) is 12.6 Å². The van der Waals surface area contributed by atoms with Crippen LogP contribution in [0.15, 0.2) is 23.2 Å². The largest absolute Gasteiger partial charge is 0.448 e. The summed E-state index contributed by atoms with van der Waals surface area (Å²) in [6, 6.07) is 3.23. The second-order valence-corrected chi connectivity index (χ2v) is 6.49.